The molecular formula is C17H15BrClN5OS. The van der Waals surface area contributed by atoms with E-state index in [4.69, 9.17) is 11.6 Å². The minimum absolute atomic E-state index is 0.00331. The fourth-order valence-corrected chi connectivity index (χ4v) is 3.42. The van der Waals surface area contributed by atoms with Crippen molar-refractivity contribution in [1.82, 2.24) is 25.1 Å². The molecule has 0 unspecified atom stereocenters. The van der Waals surface area contributed by atoms with E-state index in [1.54, 1.807) is 28.8 Å². The van der Waals surface area contributed by atoms with Crippen molar-refractivity contribution in [3.63, 3.8) is 0 Å². The molecule has 1 aromatic heterocycles. The van der Waals surface area contributed by atoms with Crippen molar-refractivity contribution in [2.24, 2.45) is 0 Å². The Morgan fingerprint density at radius 3 is 2.58 bits per heavy atom. The number of thioether (sulfide) groups is 1. The molecule has 2 aromatic carbocycles. The van der Waals surface area contributed by atoms with Gasteiger partial charge in [0.1, 0.15) is 0 Å². The molecule has 0 fully saturated rings. The van der Waals surface area contributed by atoms with E-state index in [1.807, 2.05) is 36.4 Å². The number of hydrogen-bond acceptors (Lipinski definition) is 5. The fourth-order valence-electron chi connectivity index (χ4n) is 2.20. The van der Waals surface area contributed by atoms with E-state index in [0.717, 1.165) is 15.7 Å². The predicted molar refractivity (Wildman–Crippen MR) is 106 cm³/mol. The van der Waals surface area contributed by atoms with Crippen molar-refractivity contribution >= 4 is 45.2 Å². The van der Waals surface area contributed by atoms with Crippen LogP contribution in [0.2, 0.25) is 5.02 Å². The zero-order chi connectivity index (χ0) is 18.5. The first-order valence-corrected chi connectivity index (χ1v) is 9.84. The van der Waals surface area contributed by atoms with Gasteiger partial charge in [-0.1, -0.05) is 51.4 Å². The number of amides is 1. The van der Waals surface area contributed by atoms with Crippen LogP contribution in [0.15, 0.2) is 58.2 Å². The number of rotatable bonds is 6. The number of halogens is 2. The Morgan fingerprint density at radius 2 is 1.88 bits per heavy atom. The van der Waals surface area contributed by atoms with Gasteiger partial charge < -0.3 is 4.90 Å². The summed E-state index contributed by atoms with van der Waals surface area (Å²) in [6.07, 6.45) is 0. The molecule has 3 rings (SSSR count). The average molecular weight is 453 g/mol. The Hall–Kier alpha value is -1.90. The fraction of sp³-hybridized carbons (Fsp3) is 0.176. The van der Waals surface area contributed by atoms with Gasteiger partial charge in [0.05, 0.1) is 11.4 Å². The van der Waals surface area contributed by atoms with Crippen LogP contribution in [0, 0.1) is 0 Å². The Kier molecular flexibility index (Phi) is 6.29. The van der Waals surface area contributed by atoms with Crippen molar-refractivity contribution in [3.05, 3.63) is 63.6 Å². The molecule has 1 amide bonds. The van der Waals surface area contributed by atoms with Crippen LogP contribution in [-0.4, -0.2) is 43.8 Å². The summed E-state index contributed by atoms with van der Waals surface area (Å²) >= 11 is 10.6. The summed E-state index contributed by atoms with van der Waals surface area (Å²) in [5.74, 6) is 0.254. The number of hydrogen-bond donors (Lipinski definition) is 0. The highest BCUT2D eigenvalue weighted by Gasteiger charge is 2.14. The number of aromatic nitrogens is 4. The lowest BCUT2D eigenvalue weighted by Gasteiger charge is -2.17. The Balaban J connectivity index is 1.60. The average Bonchev–Trinajstić information content (AvgIpc) is 3.10. The molecule has 0 spiro atoms. The van der Waals surface area contributed by atoms with E-state index in [-0.39, 0.29) is 11.7 Å². The number of nitrogens with zero attached hydrogens (tertiary/aromatic N) is 5. The molecule has 0 atom stereocenters. The molecule has 0 radical (unpaired) electrons. The molecule has 0 saturated carbocycles. The SMILES string of the molecule is CN(Cc1ccc(Br)cc1)C(=O)CSc1nnnn1-c1ccc(Cl)cc1. The van der Waals surface area contributed by atoms with Gasteiger partial charge in [-0.25, -0.2) is 0 Å². The minimum Gasteiger partial charge on any atom is -0.341 e. The summed E-state index contributed by atoms with van der Waals surface area (Å²) in [5, 5.41) is 12.9. The molecule has 0 N–H and O–H groups in total. The molecule has 0 aliphatic heterocycles. The summed E-state index contributed by atoms with van der Waals surface area (Å²) in [6.45, 7) is 0.550. The Morgan fingerprint density at radius 1 is 1.19 bits per heavy atom. The van der Waals surface area contributed by atoms with Crippen molar-refractivity contribution in [3.8, 4) is 5.69 Å². The molecule has 134 valence electrons. The molecule has 0 aliphatic carbocycles. The highest BCUT2D eigenvalue weighted by atomic mass is 79.9. The zero-order valence-electron chi connectivity index (χ0n) is 13.8. The number of carbonyl (C=O) groups is 1. The minimum atomic E-state index is 0.00331. The summed E-state index contributed by atoms with van der Waals surface area (Å²) < 4.78 is 2.60. The normalized spacial score (nSPS) is 10.7. The van der Waals surface area contributed by atoms with Crippen LogP contribution in [0.1, 0.15) is 5.56 Å². The first kappa shape index (κ1) is 18.9. The lowest BCUT2D eigenvalue weighted by molar-refractivity contribution is -0.127. The van der Waals surface area contributed by atoms with E-state index in [9.17, 15) is 4.79 Å². The third-order valence-electron chi connectivity index (χ3n) is 3.60. The second-order valence-electron chi connectivity index (χ2n) is 5.51. The summed E-state index contributed by atoms with van der Waals surface area (Å²) in [5.41, 5.74) is 1.86. The number of carbonyl (C=O) groups excluding carboxylic acids is 1. The second kappa shape index (κ2) is 8.66. The quantitative estimate of drug-likeness (QED) is 0.532. The van der Waals surface area contributed by atoms with E-state index >= 15 is 0 Å². The molecule has 6 nitrogen and oxygen atoms in total. The Labute approximate surface area is 168 Å². The number of benzene rings is 2. The number of tetrazole rings is 1. The molecule has 0 saturated heterocycles. The molecule has 0 bridgehead atoms. The molecule has 0 aliphatic rings. The summed E-state index contributed by atoms with van der Waals surface area (Å²) in [7, 11) is 1.78. The van der Waals surface area contributed by atoms with Crippen molar-refractivity contribution in [2.75, 3.05) is 12.8 Å². The third-order valence-corrected chi connectivity index (χ3v) is 5.28. The highest BCUT2D eigenvalue weighted by molar-refractivity contribution is 9.10. The van der Waals surface area contributed by atoms with Gasteiger partial charge in [0.15, 0.2) is 0 Å². The summed E-state index contributed by atoms with van der Waals surface area (Å²) in [4.78, 5) is 14.1. The maximum atomic E-state index is 12.4. The lowest BCUT2D eigenvalue weighted by Crippen LogP contribution is -2.27. The maximum Gasteiger partial charge on any atom is 0.233 e. The monoisotopic (exact) mass is 451 g/mol. The van der Waals surface area contributed by atoms with Crippen LogP contribution in [-0.2, 0) is 11.3 Å². The van der Waals surface area contributed by atoms with Crippen LogP contribution >= 0.6 is 39.3 Å². The first-order chi connectivity index (χ1) is 12.5. The van der Waals surface area contributed by atoms with Crippen LogP contribution in [0.5, 0.6) is 0 Å². The van der Waals surface area contributed by atoms with Gasteiger partial charge in [0, 0.05) is 23.1 Å². The van der Waals surface area contributed by atoms with Crippen LogP contribution in [0.25, 0.3) is 5.69 Å². The molecule has 1 heterocycles. The Bertz CT molecular complexity index is 885. The zero-order valence-corrected chi connectivity index (χ0v) is 17.0. The van der Waals surface area contributed by atoms with Gasteiger partial charge >= 0.3 is 0 Å². The lowest BCUT2D eigenvalue weighted by atomic mass is 10.2. The van der Waals surface area contributed by atoms with Gasteiger partial charge in [-0.2, -0.15) is 4.68 Å². The summed E-state index contributed by atoms with van der Waals surface area (Å²) in [6, 6.07) is 15.1. The standard InChI is InChI=1S/C17H15BrClN5OS/c1-23(10-12-2-4-13(18)5-3-12)16(25)11-26-17-20-21-22-24(17)15-8-6-14(19)7-9-15/h2-9H,10-11H2,1H3. The van der Waals surface area contributed by atoms with Crippen LogP contribution in [0.4, 0.5) is 0 Å². The highest BCUT2D eigenvalue weighted by Crippen LogP contribution is 2.20. The topological polar surface area (TPSA) is 63.9 Å². The van der Waals surface area contributed by atoms with Crippen molar-refractivity contribution in [1.29, 1.82) is 0 Å². The van der Waals surface area contributed by atoms with Crippen LogP contribution < -0.4 is 0 Å². The largest absolute Gasteiger partial charge is 0.341 e. The third kappa shape index (κ3) is 4.84. The van der Waals surface area contributed by atoms with Gasteiger partial charge in [-0.3, -0.25) is 4.79 Å². The molecule has 9 heteroatoms. The van der Waals surface area contributed by atoms with E-state index < -0.39 is 0 Å². The van der Waals surface area contributed by atoms with E-state index in [2.05, 4.69) is 31.5 Å². The van der Waals surface area contributed by atoms with Crippen LogP contribution in [0.3, 0.4) is 0 Å². The smallest absolute Gasteiger partial charge is 0.233 e. The molecular weight excluding hydrogens is 438 g/mol. The van der Waals surface area contributed by atoms with Gasteiger partial charge in [-0.05, 0) is 52.4 Å². The van der Waals surface area contributed by atoms with E-state index in [0.29, 0.717) is 16.7 Å². The second-order valence-corrected chi connectivity index (χ2v) is 7.81. The first-order valence-electron chi connectivity index (χ1n) is 7.68. The van der Waals surface area contributed by atoms with Crippen molar-refractivity contribution in [2.45, 2.75) is 11.7 Å². The van der Waals surface area contributed by atoms with Crippen molar-refractivity contribution < 1.29 is 4.79 Å². The van der Waals surface area contributed by atoms with Gasteiger partial charge in [0.25, 0.3) is 0 Å². The van der Waals surface area contributed by atoms with Gasteiger partial charge in [0.2, 0.25) is 11.1 Å². The maximum absolute atomic E-state index is 12.4. The van der Waals surface area contributed by atoms with E-state index in [1.165, 1.54) is 11.8 Å². The van der Waals surface area contributed by atoms with Gasteiger partial charge in [-0.15, -0.1) is 5.10 Å². The molecule has 3 aromatic rings. The predicted octanol–water partition coefficient (Wildman–Crippen LogP) is 3.83. The molecule has 26 heavy (non-hydrogen) atoms.